The topological polar surface area (TPSA) is 30.5 Å². The standard InChI is InChI=1S/C15H27NO2/c1-2-5-15(6-3-8-16-15)13-4-9-18-14(11-13)7-10-17-12-14/h13,16H,2-12H2,1H3. The Morgan fingerprint density at radius 1 is 1.28 bits per heavy atom. The van der Waals surface area contributed by atoms with E-state index < -0.39 is 0 Å². The maximum atomic E-state index is 6.09. The van der Waals surface area contributed by atoms with Crippen LogP contribution in [-0.4, -0.2) is 37.5 Å². The average Bonchev–Trinajstić information content (AvgIpc) is 3.01. The maximum absolute atomic E-state index is 6.09. The van der Waals surface area contributed by atoms with Gasteiger partial charge in [-0.3, -0.25) is 0 Å². The van der Waals surface area contributed by atoms with Crippen LogP contribution >= 0.6 is 0 Å². The molecule has 0 aromatic heterocycles. The molecule has 3 nitrogen and oxygen atoms in total. The lowest BCUT2D eigenvalue weighted by atomic mass is 9.70. The zero-order valence-electron chi connectivity index (χ0n) is 11.7. The lowest BCUT2D eigenvalue weighted by Gasteiger charge is -2.46. The Bertz CT molecular complexity index is 280. The fourth-order valence-corrected chi connectivity index (χ4v) is 4.40. The van der Waals surface area contributed by atoms with E-state index in [1.807, 2.05) is 0 Å². The van der Waals surface area contributed by atoms with Gasteiger partial charge in [-0.1, -0.05) is 13.3 Å². The minimum Gasteiger partial charge on any atom is -0.378 e. The molecule has 0 aromatic carbocycles. The van der Waals surface area contributed by atoms with E-state index in [9.17, 15) is 0 Å². The molecule has 3 atom stereocenters. The highest BCUT2D eigenvalue weighted by Crippen LogP contribution is 2.44. The number of ether oxygens (including phenoxy) is 2. The highest BCUT2D eigenvalue weighted by atomic mass is 16.6. The molecule has 0 aliphatic carbocycles. The minimum atomic E-state index is 0.0634. The molecule has 3 heteroatoms. The van der Waals surface area contributed by atoms with E-state index >= 15 is 0 Å². The highest BCUT2D eigenvalue weighted by Gasteiger charge is 2.48. The monoisotopic (exact) mass is 253 g/mol. The molecular formula is C15H27NO2. The van der Waals surface area contributed by atoms with Crippen molar-refractivity contribution in [2.75, 3.05) is 26.4 Å². The van der Waals surface area contributed by atoms with Crippen molar-refractivity contribution in [1.29, 1.82) is 0 Å². The van der Waals surface area contributed by atoms with E-state index in [0.717, 1.165) is 32.2 Å². The van der Waals surface area contributed by atoms with Gasteiger partial charge < -0.3 is 14.8 Å². The van der Waals surface area contributed by atoms with Crippen molar-refractivity contribution >= 4 is 0 Å². The lowest BCUT2D eigenvalue weighted by molar-refractivity contribution is -0.112. The maximum Gasteiger partial charge on any atom is 0.0940 e. The molecule has 104 valence electrons. The summed E-state index contributed by atoms with van der Waals surface area (Å²) in [5, 5.41) is 3.85. The first-order valence-corrected chi connectivity index (χ1v) is 7.75. The summed E-state index contributed by atoms with van der Waals surface area (Å²) in [5.74, 6) is 0.787. The predicted molar refractivity (Wildman–Crippen MR) is 71.7 cm³/mol. The Labute approximate surface area is 111 Å². The number of hydrogen-bond donors (Lipinski definition) is 1. The zero-order valence-corrected chi connectivity index (χ0v) is 11.7. The molecule has 1 N–H and O–H groups in total. The Morgan fingerprint density at radius 3 is 2.89 bits per heavy atom. The molecular weight excluding hydrogens is 226 g/mol. The Hall–Kier alpha value is -0.120. The molecule has 3 heterocycles. The second-order valence-electron chi connectivity index (χ2n) is 6.46. The second-order valence-corrected chi connectivity index (χ2v) is 6.46. The molecule has 3 saturated heterocycles. The van der Waals surface area contributed by atoms with Gasteiger partial charge in [-0.2, -0.15) is 0 Å². The van der Waals surface area contributed by atoms with E-state index in [-0.39, 0.29) is 5.60 Å². The summed E-state index contributed by atoms with van der Waals surface area (Å²) in [6.45, 7) is 6.17. The smallest absolute Gasteiger partial charge is 0.0940 e. The Kier molecular flexibility index (Phi) is 3.65. The van der Waals surface area contributed by atoms with Crippen LogP contribution in [0.1, 0.15) is 51.9 Å². The van der Waals surface area contributed by atoms with E-state index in [4.69, 9.17) is 9.47 Å². The highest BCUT2D eigenvalue weighted by molar-refractivity contribution is 5.03. The van der Waals surface area contributed by atoms with Gasteiger partial charge in [0.25, 0.3) is 0 Å². The van der Waals surface area contributed by atoms with Crippen LogP contribution in [0.25, 0.3) is 0 Å². The third-order valence-electron chi connectivity index (χ3n) is 5.31. The van der Waals surface area contributed by atoms with Gasteiger partial charge in [-0.25, -0.2) is 0 Å². The van der Waals surface area contributed by atoms with Crippen LogP contribution in [0.5, 0.6) is 0 Å². The molecule has 0 bridgehead atoms. The van der Waals surface area contributed by atoms with Gasteiger partial charge in [0, 0.05) is 25.2 Å². The van der Waals surface area contributed by atoms with Crippen LogP contribution in [0, 0.1) is 5.92 Å². The third kappa shape index (κ3) is 2.21. The predicted octanol–water partition coefficient (Wildman–Crippen LogP) is 2.49. The Balaban J connectivity index is 1.73. The molecule has 3 fully saturated rings. The quantitative estimate of drug-likeness (QED) is 0.838. The van der Waals surface area contributed by atoms with Gasteiger partial charge in [0.2, 0.25) is 0 Å². The lowest BCUT2D eigenvalue weighted by Crippen LogP contribution is -2.53. The first-order chi connectivity index (χ1) is 8.79. The molecule has 3 aliphatic rings. The van der Waals surface area contributed by atoms with Crippen LogP contribution in [0.3, 0.4) is 0 Å². The average molecular weight is 253 g/mol. The largest absolute Gasteiger partial charge is 0.378 e. The van der Waals surface area contributed by atoms with Crippen LogP contribution in [0.15, 0.2) is 0 Å². The van der Waals surface area contributed by atoms with Crippen molar-refractivity contribution < 1.29 is 9.47 Å². The van der Waals surface area contributed by atoms with Crippen molar-refractivity contribution in [3.63, 3.8) is 0 Å². The molecule has 1 spiro atoms. The molecule has 3 aliphatic heterocycles. The number of hydrogen-bond acceptors (Lipinski definition) is 3. The van der Waals surface area contributed by atoms with E-state index in [2.05, 4.69) is 12.2 Å². The van der Waals surface area contributed by atoms with Gasteiger partial charge in [-0.05, 0) is 44.6 Å². The van der Waals surface area contributed by atoms with Crippen molar-refractivity contribution in [1.82, 2.24) is 5.32 Å². The van der Waals surface area contributed by atoms with Crippen LogP contribution < -0.4 is 5.32 Å². The van der Waals surface area contributed by atoms with Gasteiger partial charge in [0.15, 0.2) is 0 Å². The fraction of sp³-hybridized carbons (Fsp3) is 1.00. The third-order valence-corrected chi connectivity index (χ3v) is 5.31. The molecule has 18 heavy (non-hydrogen) atoms. The molecule has 0 radical (unpaired) electrons. The summed E-state index contributed by atoms with van der Waals surface area (Å²) in [6, 6.07) is 0. The van der Waals surface area contributed by atoms with Crippen molar-refractivity contribution in [3.05, 3.63) is 0 Å². The summed E-state index contributed by atoms with van der Waals surface area (Å²) in [5.41, 5.74) is 0.474. The summed E-state index contributed by atoms with van der Waals surface area (Å²) < 4.78 is 11.7. The van der Waals surface area contributed by atoms with Crippen LogP contribution in [-0.2, 0) is 9.47 Å². The zero-order chi connectivity index (χ0) is 12.5. The molecule has 0 aromatic rings. The Morgan fingerprint density at radius 2 is 2.22 bits per heavy atom. The summed E-state index contributed by atoms with van der Waals surface area (Å²) in [4.78, 5) is 0. The minimum absolute atomic E-state index is 0.0634. The molecule has 0 amide bonds. The molecule has 0 saturated carbocycles. The molecule has 3 rings (SSSR count). The van der Waals surface area contributed by atoms with Gasteiger partial charge in [-0.15, -0.1) is 0 Å². The van der Waals surface area contributed by atoms with E-state index in [1.54, 1.807) is 0 Å². The number of nitrogens with one attached hydrogen (secondary N) is 1. The fourth-order valence-electron chi connectivity index (χ4n) is 4.40. The van der Waals surface area contributed by atoms with Crippen molar-refractivity contribution in [3.8, 4) is 0 Å². The SMILES string of the molecule is CCCC1(C2CCOC3(CCOC3)C2)CCCN1. The van der Waals surface area contributed by atoms with Crippen molar-refractivity contribution in [2.24, 2.45) is 5.92 Å². The van der Waals surface area contributed by atoms with E-state index in [0.29, 0.717) is 5.54 Å². The van der Waals surface area contributed by atoms with Crippen molar-refractivity contribution in [2.45, 2.75) is 63.0 Å². The number of rotatable bonds is 3. The van der Waals surface area contributed by atoms with Gasteiger partial charge in [0.1, 0.15) is 0 Å². The second kappa shape index (κ2) is 5.10. The summed E-state index contributed by atoms with van der Waals surface area (Å²) in [6.07, 6.45) is 8.87. The first kappa shape index (κ1) is 12.9. The first-order valence-electron chi connectivity index (χ1n) is 7.75. The van der Waals surface area contributed by atoms with Gasteiger partial charge >= 0.3 is 0 Å². The summed E-state index contributed by atoms with van der Waals surface area (Å²) in [7, 11) is 0. The normalized spacial score (nSPS) is 44.8. The van der Waals surface area contributed by atoms with Crippen LogP contribution in [0.4, 0.5) is 0 Å². The van der Waals surface area contributed by atoms with Gasteiger partial charge in [0.05, 0.1) is 12.2 Å². The van der Waals surface area contributed by atoms with Crippen LogP contribution in [0.2, 0.25) is 0 Å². The van der Waals surface area contributed by atoms with E-state index in [1.165, 1.54) is 45.1 Å². The summed E-state index contributed by atoms with van der Waals surface area (Å²) >= 11 is 0. The molecule has 3 unspecified atom stereocenters.